The van der Waals surface area contributed by atoms with Gasteiger partial charge >= 0.3 is 0 Å². The van der Waals surface area contributed by atoms with Gasteiger partial charge in [-0.05, 0) is 68.1 Å². The van der Waals surface area contributed by atoms with Crippen molar-refractivity contribution < 1.29 is 27.7 Å². The molecule has 0 aromatic heterocycles. The van der Waals surface area contributed by atoms with Crippen LogP contribution in [0.2, 0.25) is 5.02 Å². The second-order valence-corrected chi connectivity index (χ2v) is 13.2. The van der Waals surface area contributed by atoms with Crippen LogP contribution in [0.5, 0.6) is 5.75 Å². The molecule has 45 heavy (non-hydrogen) atoms. The van der Waals surface area contributed by atoms with Crippen molar-refractivity contribution in [2.75, 3.05) is 18.0 Å². The fraction of sp³-hybridized carbons (Fsp3) is 0.375. The predicted molar refractivity (Wildman–Crippen MR) is 172 cm³/mol. The summed E-state index contributed by atoms with van der Waals surface area (Å²) in [7, 11) is -3.05. The van der Waals surface area contributed by atoms with Crippen molar-refractivity contribution in [2.24, 2.45) is 0 Å². The van der Waals surface area contributed by atoms with E-state index in [1.807, 2.05) is 0 Å². The fourth-order valence-corrected chi connectivity index (χ4v) is 7.08. The maximum absolute atomic E-state index is 14.3. The van der Waals surface area contributed by atoms with Crippen molar-refractivity contribution in [2.45, 2.75) is 69.5 Å². The number of methoxy groups -OCH3 is 1. The fourth-order valence-electron chi connectivity index (χ4n) is 5.45. The summed E-state index contributed by atoms with van der Waals surface area (Å²) in [5, 5.41) is 15.1. The Bertz CT molecular complexity index is 1640. The first-order chi connectivity index (χ1) is 21.5. The second-order valence-electron chi connectivity index (χ2n) is 10.9. The Morgan fingerprint density at radius 1 is 1.09 bits per heavy atom. The molecule has 1 aliphatic carbocycles. The molecule has 2 amide bonds. The molecule has 1 saturated carbocycles. The van der Waals surface area contributed by atoms with Crippen molar-refractivity contribution in [3.63, 3.8) is 0 Å². The number of hydrogen-bond donors (Lipinski definition) is 1. The summed E-state index contributed by atoms with van der Waals surface area (Å²) < 4.78 is 34.4. The van der Waals surface area contributed by atoms with Gasteiger partial charge in [0, 0.05) is 29.2 Å². The van der Waals surface area contributed by atoms with Crippen molar-refractivity contribution in [3.05, 3.63) is 93.0 Å². The number of amides is 2. The van der Waals surface area contributed by atoms with Crippen LogP contribution >= 0.6 is 11.6 Å². The largest absolute Gasteiger partial charge is 0.497 e. The molecule has 1 atom stereocenters. The molecule has 11 nitrogen and oxygen atoms in total. The van der Waals surface area contributed by atoms with Gasteiger partial charge in [0.05, 0.1) is 22.6 Å². The number of rotatable bonds is 13. The summed E-state index contributed by atoms with van der Waals surface area (Å²) in [5.41, 5.74) is 0.643. The maximum Gasteiger partial charge on any atom is 0.273 e. The van der Waals surface area contributed by atoms with Crippen LogP contribution in [0.15, 0.2) is 71.6 Å². The highest BCUT2D eigenvalue weighted by Gasteiger charge is 2.35. The van der Waals surface area contributed by atoms with Crippen molar-refractivity contribution in [1.29, 1.82) is 0 Å². The molecular formula is C32H37ClN4O7S. The number of ether oxygens (including phenoxy) is 1. The van der Waals surface area contributed by atoms with Gasteiger partial charge in [-0.2, -0.15) is 0 Å². The van der Waals surface area contributed by atoms with Gasteiger partial charge in [0.15, 0.2) is 0 Å². The Balaban J connectivity index is 1.77. The van der Waals surface area contributed by atoms with Gasteiger partial charge in [0.25, 0.3) is 15.7 Å². The third-order valence-electron chi connectivity index (χ3n) is 7.99. The summed E-state index contributed by atoms with van der Waals surface area (Å²) in [6.45, 7) is 2.57. The average molecular weight is 657 g/mol. The number of halogens is 1. The van der Waals surface area contributed by atoms with E-state index in [9.17, 15) is 28.1 Å². The molecule has 13 heteroatoms. The molecule has 0 bridgehead atoms. The van der Waals surface area contributed by atoms with Crippen LogP contribution in [0.4, 0.5) is 11.4 Å². The Morgan fingerprint density at radius 2 is 1.76 bits per heavy atom. The summed E-state index contributed by atoms with van der Waals surface area (Å²) in [6.07, 6.45) is 4.00. The molecular weight excluding hydrogens is 620 g/mol. The zero-order valence-electron chi connectivity index (χ0n) is 25.4. The van der Waals surface area contributed by atoms with Crippen LogP contribution in [-0.2, 0) is 26.2 Å². The first-order valence-electron chi connectivity index (χ1n) is 14.7. The van der Waals surface area contributed by atoms with Crippen LogP contribution in [0.3, 0.4) is 0 Å². The minimum Gasteiger partial charge on any atom is -0.497 e. The molecule has 0 saturated heterocycles. The molecule has 4 rings (SSSR count). The van der Waals surface area contributed by atoms with E-state index in [2.05, 4.69) is 5.32 Å². The highest BCUT2D eigenvalue weighted by molar-refractivity contribution is 7.92. The van der Waals surface area contributed by atoms with E-state index in [0.717, 1.165) is 36.1 Å². The molecule has 0 spiro atoms. The molecule has 1 fully saturated rings. The normalized spacial score (nSPS) is 14.0. The van der Waals surface area contributed by atoms with Gasteiger partial charge in [0.2, 0.25) is 11.8 Å². The van der Waals surface area contributed by atoms with E-state index in [-0.39, 0.29) is 46.7 Å². The number of carbonyl (C=O) groups is 2. The number of carbonyl (C=O) groups excluding carboxylic acids is 2. The van der Waals surface area contributed by atoms with Gasteiger partial charge in [-0.3, -0.25) is 24.0 Å². The summed E-state index contributed by atoms with van der Waals surface area (Å²) >= 11 is 6.46. The zero-order chi connectivity index (χ0) is 32.7. The minimum absolute atomic E-state index is 0.0114. The zero-order valence-corrected chi connectivity index (χ0v) is 27.0. The molecule has 3 aromatic rings. The third-order valence-corrected chi connectivity index (χ3v) is 10.1. The Hall–Kier alpha value is -4.16. The van der Waals surface area contributed by atoms with Crippen molar-refractivity contribution in [3.8, 4) is 5.75 Å². The number of hydrogen-bond acceptors (Lipinski definition) is 7. The van der Waals surface area contributed by atoms with E-state index in [1.54, 1.807) is 43.3 Å². The number of nitro benzene ring substituents is 1. The molecule has 0 unspecified atom stereocenters. The summed E-state index contributed by atoms with van der Waals surface area (Å²) in [6, 6.07) is 15.7. The number of aryl methyl sites for hydroxylation is 1. The van der Waals surface area contributed by atoms with Gasteiger partial charge in [-0.1, -0.05) is 55.6 Å². The lowest BCUT2D eigenvalue weighted by molar-refractivity contribution is -0.385. The quantitative estimate of drug-likeness (QED) is 0.186. The topological polar surface area (TPSA) is 139 Å². The average Bonchev–Trinajstić information content (AvgIpc) is 3.53. The lowest BCUT2D eigenvalue weighted by atomic mass is 10.1. The monoisotopic (exact) mass is 656 g/mol. The SMILES string of the molecule is CC[C@@H](C(=O)NC1CCCC1)N(Cc1ccccc1Cl)C(=O)CN(c1ccc(OC)cc1)S(=O)(=O)c1ccc(C)c([N+](=O)[O-])c1. The number of sulfonamides is 1. The number of nitrogens with one attached hydrogen (secondary N) is 1. The van der Waals surface area contributed by atoms with Gasteiger partial charge < -0.3 is 15.0 Å². The van der Waals surface area contributed by atoms with Crippen LogP contribution < -0.4 is 14.4 Å². The lowest BCUT2D eigenvalue weighted by Crippen LogP contribution is -2.53. The predicted octanol–water partition coefficient (Wildman–Crippen LogP) is 5.63. The second kappa shape index (κ2) is 14.7. The Labute approximate surface area is 268 Å². The summed E-state index contributed by atoms with van der Waals surface area (Å²) in [4.78, 5) is 39.9. The van der Waals surface area contributed by atoms with Crippen LogP contribution in [-0.4, -0.2) is 55.8 Å². The Morgan fingerprint density at radius 3 is 2.36 bits per heavy atom. The van der Waals surface area contributed by atoms with Crippen LogP contribution in [0, 0.1) is 17.0 Å². The molecule has 0 radical (unpaired) electrons. The molecule has 1 aliphatic rings. The Kier molecular flexibility index (Phi) is 11.1. The van der Waals surface area contributed by atoms with Gasteiger partial charge in [-0.25, -0.2) is 8.42 Å². The van der Waals surface area contributed by atoms with Crippen LogP contribution in [0.1, 0.15) is 50.2 Å². The first-order valence-corrected chi connectivity index (χ1v) is 16.5. The molecule has 1 N–H and O–H groups in total. The van der Waals surface area contributed by atoms with Crippen molar-refractivity contribution in [1.82, 2.24) is 10.2 Å². The highest BCUT2D eigenvalue weighted by Crippen LogP contribution is 2.30. The number of nitrogens with zero attached hydrogens (tertiary/aromatic N) is 3. The van der Waals surface area contributed by atoms with E-state index >= 15 is 0 Å². The maximum atomic E-state index is 14.3. The smallest absolute Gasteiger partial charge is 0.273 e. The van der Waals surface area contributed by atoms with E-state index < -0.39 is 33.4 Å². The van der Waals surface area contributed by atoms with E-state index in [0.29, 0.717) is 16.3 Å². The number of anilines is 1. The van der Waals surface area contributed by atoms with E-state index in [4.69, 9.17) is 16.3 Å². The summed E-state index contributed by atoms with van der Waals surface area (Å²) in [5.74, 6) is -0.509. The molecule has 240 valence electrons. The molecule has 3 aromatic carbocycles. The molecule has 0 aliphatic heterocycles. The van der Waals surface area contributed by atoms with Crippen LogP contribution in [0.25, 0.3) is 0 Å². The number of nitro groups is 1. The lowest BCUT2D eigenvalue weighted by Gasteiger charge is -2.34. The van der Waals surface area contributed by atoms with Gasteiger partial charge in [-0.15, -0.1) is 0 Å². The third kappa shape index (κ3) is 7.93. The van der Waals surface area contributed by atoms with Crippen molar-refractivity contribution >= 4 is 44.8 Å². The highest BCUT2D eigenvalue weighted by atomic mass is 35.5. The van der Waals surface area contributed by atoms with Gasteiger partial charge in [0.1, 0.15) is 18.3 Å². The first kappa shape index (κ1) is 33.7. The minimum atomic E-state index is -4.51. The number of benzene rings is 3. The molecule has 0 heterocycles. The van der Waals surface area contributed by atoms with E-state index in [1.165, 1.54) is 43.2 Å². The standard InChI is InChI=1S/C32H37ClN4O7S/c1-4-29(32(39)34-24-10-6-7-11-24)35(20-23-9-5-8-12-28(23)33)31(38)21-36(25-14-16-26(44-3)17-15-25)45(42,43)27-18-13-22(2)30(19-27)37(40)41/h5,8-9,12-19,24,29H,4,6-7,10-11,20-21H2,1-3H3,(H,34,39)/t29-/m0/s1.